The average Bonchev–Trinajstić information content (AvgIpc) is 2.47. The summed E-state index contributed by atoms with van der Waals surface area (Å²) in [5, 5.41) is 0.261. The Kier molecular flexibility index (Phi) is 5.20. The van der Waals surface area contributed by atoms with Crippen LogP contribution in [0.2, 0.25) is 5.02 Å². The zero-order valence-corrected chi connectivity index (χ0v) is 13.4. The van der Waals surface area contributed by atoms with Gasteiger partial charge < -0.3 is 9.47 Å². The molecule has 0 aliphatic carbocycles. The molecule has 3 nitrogen and oxygen atoms in total. The van der Waals surface area contributed by atoms with Crippen LogP contribution in [0.25, 0.3) is 0 Å². The van der Waals surface area contributed by atoms with Gasteiger partial charge in [-0.05, 0) is 40.2 Å². The second kappa shape index (κ2) is 6.91. The number of aldehydes is 1. The summed E-state index contributed by atoms with van der Waals surface area (Å²) in [4.78, 5) is 11.2. The standard InChI is InChI=1S/C15H11BrClFO3/c1-20-14-6-5-11(16)9(7-19)15(14)21-8-10-12(17)3-2-4-13(10)18/h2-7H,8H2,1H3. The first kappa shape index (κ1) is 15.8. The van der Waals surface area contributed by atoms with E-state index < -0.39 is 5.82 Å². The molecule has 2 rings (SSSR count). The van der Waals surface area contributed by atoms with Crippen LogP contribution >= 0.6 is 27.5 Å². The minimum absolute atomic E-state index is 0.112. The van der Waals surface area contributed by atoms with Crippen LogP contribution in [0.1, 0.15) is 15.9 Å². The minimum atomic E-state index is -0.468. The quantitative estimate of drug-likeness (QED) is 0.716. The average molecular weight is 374 g/mol. The molecule has 0 atom stereocenters. The Morgan fingerprint density at radius 2 is 2.10 bits per heavy atom. The number of carbonyl (C=O) groups excluding carboxylic acids is 1. The van der Waals surface area contributed by atoms with E-state index in [-0.39, 0.29) is 22.9 Å². The van der Waals surface area contributed by atoms with E-state index in [0.29, 0.717) is 22.1 Å². The molecule has 0 saturated carbocycles. The fourth-order valence-electron chi connectivity index (χ4n) is 1.79. The van der Waals surface area contributed by atoms with Crippen LogP contribution in [-0.4, -0.2) is 13.4 Å². The third-order valence-electron chi connectivity index (χ3n) is 2.87. The van der Waals surface area contributed by atoms with Gasteiger partial charge in [0.2, 0.25) is 0 Å². The summed E-state index contributed by atoms with van der Waals surface area (Å²) >= 11 is 9.20. The van der Waals surface area contributed by atoms with Crippen molar-refractivity contribution >= 4 is 33.8 Å². The fourth-order valence-corrected chi connectivity index (χ4v) is 2.41. The molecule has 6 heteroatoms. The Labute approximate surface area is 134 Å². The molecule has 0 aliphatic heterocycles. The van der Waals surface area contributed by atoms with Crippen molar-refractivity contribution in [2.24, 2.45) is 0 Å². The van der Waals surface area contributed by atoms with Crippen molar-refractivity contribution in [2.45, 2.75) is 6.61 Å². The van der Waals surface area contributed by atoms with Gasteiger partial charge in [0.05, 0.1) is 17.7 Å². The number of halogens is 3. The normalized spacial score (nSPS) is 10.3. The van der Waals surface area contributed by atoms with Gasteiger partial charge in [-0.2, -0.15) is 0 Å². The van der Waals surface area contributed by atoms with E-state index in [1.54, 1.807) is 18.2 Å². The van der Waals surface area contributed by atoms with Crippen molar-refractivity contribution in [3.05, 3.63) is 56.8 Å². The molecule has 0 spiro atoms. The first-order valence-electron chi connectivity index (χ1n) is 5.95. The summed E-state index contributed by atoms with van der Waals surface area (Å²) < 4.78 is 25.0. The van der Waals surface area contributed by atoms with Gasteiger partial charge in [-0.1, -0.05) is 17.7 Å². The second-order valence-electron chi connectivity index (χ2n) is 4.10. The molecule has 0 bridgehead atoms. The number of carbonyl (C=O) groups is 1. The van der Waals surface area contributed by atoms with E-state index >= 15 is 0 Å². The summed E-state index contributed by atoms with van der Waals surface area (Å²) in [5.41, 5.74) is 0.514. The van der Waals surface area contributed by atoms with Crippen LogP contribution < -0.4 is 9.47 Å². The van der Waals surface area contributed by atoms with Crippen molar-refractivity contribution in [1.29, 1.82) is 0 Å². The molecule has 110 valence electrons. The lowest BCUT2D eigenvalue weighted by Gasteiger charge is -2.14. The molecule has 0 saturated heterocycles. The minimum Gasteiger partial charge on any atom is -0.493 e. The Hall–Kier alpha value is -1.59. The molecular formula is C15H11BrClFO3. The summed E-state index contributed by atoms with van der Waals surface area (Å²) in [7, 11) is 1.46. The third-order valence-corrected chi connectivity index (χ3v) is 3.91. The Bertz CT molecular complexity index is 656. The van der Waals surface area contributed by atoms with Gasteiger partial charge in [0.25, 0.3) is 0 Å². The highest BCUT2D eigenvalue weighted by atomic mass is 79.9. The number of hydrogen-bond donors (Lipinski definition) is 0. The third kappa shape index (κ3) is 3.36. The van der Waals surface area contributed by atoms with Crippen LogP contribution in [0.4, 0.5) is 4.39 Å². The van der Waals surface area contributed by atoms with E-state index in [1.165, 1.54) is 19.2 Å². The molecule has 0 N–H and O–H groups in total. The van der Waals surface area contributed by atoms with E-state index in [2.05, 4.69) is 15.9 Å². The molecule has 0 fully saturated rings. The summed E-state index contributed by atoms with van der Waals surface area (Å²) in [6.45, 7) is -0.112. The molecule has 0 amide bonds. The van der Waals surface area contributed by atoms with Gasteiger partial charge in [0.1, 0.15) is 12.4 Å². The van der Waals surface area contributed by atoms with Crippen LogP contribution in [0, 0.1) is 5.82 Å². The number of hydrogen-bond acceptors (Lipinski definition) is 3. The second-order valence-corrected chi connectivity index (χ2v) is 5.36. The number of benzene rings is 2. The zero-order chi connectivity index (χ0) is 15.4. The summed E-state index contributed by atoms with van der Waals surface area (Å²) in [6, 6.07) is 7.70. The summed E-state index contributed by atoms with van der Waals surface area (Å²) in [5.74, 6) is 0.151. The SMILES string of the molecule is COc1ccc(Br)c(C=O)c1OCc1c(F)cccc1Cl. The number of rotatable bonds is 5. The molecule has 0 radical (unpaired) electrons. The van der Waals surface area contributed by atoms with Crippen molar-refractivity contribution in [3.8, 4) is 11.5 Å². The predicted molar refractivity (Wildman–Crippen MR) is 81.8 cm³/mol. The highest BCUT2D eigenvalue weighted by molar-refractivity contribution is 9.10. The zero-order valence-electron chi connectivity index (χ0n) is 11.0. The molecule has 0 aliphatic rings. The Balaban J connectivity index is 2.36. The molecule has 2 aromatic rings. The van der Waals surface area contributed by atoms with Crippen LogP contribution in [0.5, 0.6) is 11.5 Å². The van der Waals surface area contributed by atoms with Crippen molar-refractivity contribution in [3.63, 3.8) is 0 Å². The lowest BCUT2D eigenvalue weighted by Crippen LogP contribution is -2.03. The van der Waals surface area contributed by atoms with Crippen molar-refractivity contribution < 1.29 is 18.7 Å². The maximum atomic E-state index is 13.7. The van der Waals surface area contributed by atoms with Gasteiger partial charge in [0.15, 0.2) is 17.8 Å². The molecule has 0 aromatic heterocycles. The molecular weight excluding hydrogens is 363 g/mol. The molecule has 0 heterocycles. The van der Waals surface area contributed by atoms with E-state index in [1.807, 2.05) is 0 Å². The molecule has 0 unspecified atom stereocenters. The van der Waals surface area contributed by atoms with E-state index in [4.69, 9.17) is 21.1 Å². The van der Waals surface area contributed by atoms with Crippen molar-refractivity contribution in [1.82, 2.24) is 0 Å². The highest BCUT2D eigenvalue weighted by Crippen LogP contribution is 2.36. The van der Waals surface area contributed by atoms with E-state index in [0.717, 1.165) is 0 Å². The Morgan fingerprint density at radius 3 is 2.71 bits per heavy atom. The topological polar surface area (TPSA) is 35.5 Å². The van der Waals surface area contributed by atoms with Gasteiger partial charge in [-0.3, -0.25) is 4.79 Å². The fraction of sp³-hybridized carbons (Fsp3) is 0.133. The Morgan fingerprint density at radius 1 is 1.33 bits per heavy atom. The predicted octanol–water partition coefficient (Wildman–Crippen LogP) is 4.64. The first-order chi connectivity index (χ1) is 10.1. The lowest BCUT2D eigenvalue weighted by atomic mass is 10.2. The lowest BCUT2D eigenvalue weighted by molar-refractivity contribution is 0.111. The highest BCUT2D eigenvalue weighted by Gasteiger charge is 2.16. The van der Waals surface area contributed by atoms with Gasteiger partial charge in [-0.15, -0.1) is 0 Å². The molecule has 21 heavy (non-hydrogen) atoms. The van der Waals surface area contributed by atoms with Gasteiger partial charge in [0, 0.05) is 10.0 Å². The number of ether oxygens (including phenoxy) is 2. The summed E-state index contributed by atoms with van der Waals surface area (Å²) in [6.07, 6.45) is 0.644. The van der Waals surface area contributed by atoms with Crippen LogP contribution in [-0.2, 0) is 6.61 Å². The van der Waals surface area contributed by atoms with E-state index in [9.17, 15) is 9.18 Å². The smallest absolute Gasteiger partial charge is 0.173 e. The van der Waals surface area contributed by atoms with Gasteiger partial charge >= 0.3 is 0 Å². The van der Waals surface area contributed by atoms with Crippen LogP contribution in [0.3, 0.4) is 0 Å². The monoisotopic (exact) mass is 372 g/mol. The van der Waals surface area contributed by atoms with Gasteiger partial charge in [-0.25, -0.2) is 4.39 Å². The van der Waals surface area contributed by atoms with Crippen molar-refractivity contribution in [2.75, 3.05) is 7.11 Å². The largest absolute Gasteiger partial charge is 0.493 e. The maximum absolute atomic E-state index is 13.7. The van der Waals surface area contributed by atoms with Crippen LogP contribution in [0.15, 0.2) is 34.8 Å². The maximum Gasteiger partial charge on any atom is 0.173 e. The molecule has 2 aromatic carbocycles. The number of methoxy groups -OCH3 is 1. The first-order valence-corrected chi connectivity index (χ1v) is 7.13.